The molecule has 0 radical (unpaired) electrons. The quantitative estimate of drug-likeness (QED) is 0.858. The molecule has 1 aliphatic heterocycles. The monoisotopic (exact) mass is 269 g/mol. The van der Waals surface area contributed by atoms with Crippen LogP contribution in [0.5, 0.6) is 5.75 Å². The molecule has 2 nitrogen and oxygen atoms in total. The van der Waals surface area contributed by atoms with Gasteiger partial charge in [0.15, 0.2) is 0 Å². The maximum atomic E-state index is 13.1. The molecule has 2 atom stereocenters. The van der Waals surface area contributed by atoms with Crippen molar-refractivity contribution in [3.63, 3.8) is 0 Å². The highest BCUT2D eigenvalue weighted by molar-refractivity contribution is 7.98. The van der Waals surface area contributed by atoms with Crippen molar-refractivity contribution in [3.8, 4) is 5.75 Å². The number of nitrogens with one attached hydrogen (secondary N) is 1. The summed E-state index contributed by atoms with van der Waals surface area (Å²) in [5.41, 5.74) is 0.985. The topological polar surface area (TPSA) is 21.3 Å². The minimum atomic E-state index is -0.181. The van der Waals surface area contributed by atoms with Gasteiger partial charge in [0.25, 0.3) is 0 Å². The predicted octanol–water partition coefficient (Wildman–Crippen LogP) is 2.86. The van der Waals surface area contributed by atoms with Crippen LogP contribution in [0, 0.1) is 5.82 Å². The van der Waals surface area contributed by atoms with Crippen molar-refractivity contribution in [1.82, 2.24) is 5.32 Å². The Morgan fingerprint density at radius 2 is 2.39 bits per heavy atom. The Labute approximate surface area is 112 Å². The number of hydrogen-bond acceptors (Lipinski definition) is 3. The van der Waals surface area contributed by atoms with Crippen molar-refractivity contribution < 1.29 is 9.13 Å². The van der Waals surface area contributed by atoms with Gasteiger partial charge in [-0.05, 0) is 43.6 Å². The van der Waals surface area contributed by atoms with Crippen LogP contribution in [0.2, 0.25) is 0 Å². The standard InChI is InChI=1S/C14H20FNOS/c1-10(5-6-18-2)16-9-13-8-11-7-12(15)3-4-14(11)17-13/h3-4,7,10,13,16H,5-6,8-9H2,1-2H3. The average Bonchev–Trinajstić information content (AvgIpc) is 2.75. The van der Waals surface area contributed by atoms with Gasteiger partial charge in [-0.1, -0.05) is 0 Å². The molecule has 0 spiro atoms. The second kappa shape index (κ2) is 6.43. The number of hydrogen-bond donors (Lipinski definition) is 1. The van der Waals surface area contributed by atoms with E-state index in [1.165, 1.54) is 11.8 Å². The molecule has 2 rings (SSSR count). The number of fused-ring (bicyclic) bond motifs is 1. The Hall–Kier alpha value is -0.740. The van der Waals surface area contributed by atoms with E-state index >= 15 is 0 Å². The van der Waals surface area contributed by atoms with E-state index in [4.69, 9.17) is 4.74 Å². The number of halogens is 1. The molecule has 2 unspecified atom stereocenters. The molecule has 0 aliphatic carbocycles. The van der Waals surface area contributed by atoms with Gasteiger partial charge in [0, 0.05) is 24.6 Å². The third-order valence-corrected chi connectivity index (χ3v) is 3.86. The molecule has 1 aromatic carbocycles. The SMILES string of the molecule is CSCCC(C)NCC1Cc2cc(F)ccc2O1. The molecule has 1 aliphatic rings. The minimum Gasteiger partial charge on any atom is -0.488 e. The average molecular weight is 269 g/mol. The lowest BCUT2D eigenvalue weighted by atomic mass is 10.1. The Morgan fingerprint density at radius 3 is 3.17 bits per heavy atom. The molecular weight excluding hydrogens is 249 g/mol. The van der Waals surface area contributed by atoms with Crippen LogP contribution in [0.4, 0.5) is 4.39 Å². The van der Waals surface area contributed by atoms with E-state index in [0.29, 0.717) is 6.04 Å². The number of rotatable bonds is 6. The van der Waals surface area contributed by atoms with Crippen LogP contribution in [-0.2, 0) is 6.42 Å². The van der Waals surface area contributed by atoms with Crippen LogP contribution in [-0.4, -0.2) is 30.7 Å². The summed E-state index contributed by atoms with van der Waals surface area (Å²) in [5, 5.41) is 3.48. The van der Waals surface area contributed by atoms with Crippen LogP contribution in [0.25, 0.3) is 0 Å². The summed E-state index contributed by atoms with van der Waals surface area (Å²) in [6.45, 7) is 3.02. The van der Waals surface area contributed by atoms with Crippen molar-refractivity contribution in [2.45, 2.75) is 31.9 Å². The lowest BCUT2D eigenvalue weighted by Gasteiger charge is -2.16. The predicted molar refractivity (Wildman–Crippen MR) is 75.0 cm³/mol. The van der Waals surface area contributed by atoms with Gasteiger partial charge in [0.05, 0.1) is 0 Å². The first-order valence-electron chi connectivity index (χ1n) is 6.36. The Kier molecular flexibility index (Phi) is 4.89. The van der Waals surface area contributed by atoms with Gasteiger partial charge in [-0.2, -0.15) is 11.8 Å². The third-order valence-electron chi connectivity index (χ3n) is 3.21. The van der Waals surface area contributed by atoms with Crippen LogP contribution in [0.15, 0.2) is 18.2 Å². The molecule has 0 bridgehead atoms. The summed E-state index contributed by atoms with van der Waals surface area (Å²) in [5.74, 6) is 1.82. The highest BCUT2D eigenvalue weighted by atomic mass is 32.2. The zero-order valence-corrected chi connectivity index (χ0v) is 11.7. The van der Waals surface area contributed by atoms with Crippen molar-refractivity contribution in [1.29, 1.82) is 0 Å². The maximum absolute atomic E-state index is 13.1. The second-order valence-corrected chi connectivity index (χ2v) is 5.77. The summed E-state index contributed by atoms with van der Waals surface area (Å²) in [4.78, 5) is 0. The summed E-state index contributed by atoms with van der Waals surface area (Å²) in [7, 11) is 0. The van der Waals surface area contributed by atoms with E-state index in [1.807, 2.05) is 11.8 Å². The first-order valence-corrected chi connectivity index (χ1v) is 7.76. The van der Waals surface area contributed by atoms with Crippen molar-refractivity contribution in [2.75, 3.05) is 18.6 Å². The molecule has 18 heavy (non-hydrogen) atoms. The van der Waals surface area contributed by atoms with Gasteiger partial charge in [-0.3, -0.25) is 0 Å². The Morgan fingerprint density at radius 1 is 1.56 bits per heavy atom. The van der Waals surface area contributed by atoms with Gasteiger partial charge in [0.2, 0.25) is 0 Å². The highest BCUT2D eigenvalue weighted by Crippen LogP contribution is 2.28. The number of ether oxygens (including phenoxy) is 1. The molecular formula is C14H20FNOS. The molecule has 1 heterocycles. The van der Waals surface area contributed by atoms with Crippen LogP contribution >= 0.6 is 11.8 Å². The lowest BCUT2D eigenvalue weighted by molar-refractivity contribution is 0.222. The number of thioether (sulfide) groups is 1. The number of benzene rings is 1. The highest BCUT2D eigenvalue weighted by Gasteiger charge is 2.23. The molecule has 0 fully saturated rings. The van der Waals surface area contributed by atoms with Gasteiger partial charge in [0.1, 0.15) is 17.7 Å². The van der Waals surface area contributed by atoms with E-state index in [9.17, 15) is 4.39 Å². The molecule has 0 aromatic heterocycles. The van der Waals surface area contributed by atoms with E-state index < -0.39 is 0 Å². The van der Waals surface area contributed by atoms with Crippen LogP contribution < -0.4 is 10.1 Å². The fraction of sp³-hybridized carbons (Fsp3) is 0.571. The zero-order valence-electron chi connectivity index (χ0n) is 10.9. The van der Waals surface area contributed by atoms with E-state index in [1.54, 1.807) is 12.1 Å². The largest absolute Gasteiger partial charge is 0.488 e. The third kappa shape index (κ3) is 3.62. The van der Waals surface area contributed by atoms with Crippen LogP contribution in [0.3, 0.4) is 0 Å². The van der Waals surface area contributed by atoms with Crippen LogP contribution in [0.1, 0.15) is 18.9 Å². The summed E-state index contributed by atoms with van der Waals surface area (Å²) >= 11 is 1.87. The van der Waals surface area contributed by atoms with Gasteiger partial charge in [-0.15, -0.1) is 0 Å². The maximum Gasteiger partial charge on any atom is 0.123 e. The Bertz CT molecular complexity index is 399. The summed E-state index contributed by atoms with van der Waals surface area (Å²) in [6.07, 6.45) is 4.22. The van der Waals surface area contributed by atoms with E-state index in [-0.39, 0.29) is 11.9 Å². The molecule has 1 aromatic rings. The zero-order chi connectivity index (χ0) is 13.0. The van der Waals surface area contributed by atoms with Crippen molar-refractivity contribution in [3.05, 3.63) is 29.6 Å². The normalized spacial score (nSPS) is 19.4. The smallest absolute Gasteiger partial charge is 0.123 e. The fourth-order valence-corrected chi connectivity index (χ4v) is 2.72. The first-order chi connectivity index (χ1) is 8.69. The Balaban J connectivity index is 1.77. The van der Waals surface area contributed by atoms with Gasteiger partial charge in [-0.25, -0.2) is 4.39 Å². The second-order valence-electron chi connectivity index (χ2n) is 4.79. The minimum absolute atomic E-state index is 0.138. The molecule has 0 saturated heterocycles. The first kappa shape index (κ1) is 13.7. The molecule has 0 saturated carbocycles. The van der Waals surface area contributed by atoms with Crippen molar-refractivity contribution >= 4 is 11.8 Å². The van der Waals surface area contributed by atoms with Gasteiger partial charge >= 0.3 is 0 Å². The molecule has 0 amide bonds. The fourth-order valence-electron chi connectivity index (χ4n) is 2.13. The van der Waals surface area contributed by atoms with E-state index in [2.05, 4.69) is 18.5 Å². The molecule has 1 N–H and O–H groups in total. The lowest BCUT2D eigenvalue weighted by Crippen LogP contribution is -2.36. The van der Waals surface area contributed by atoms with Gasteiger partial charge < -0.3 is 10.1 Å². The van der Waals surface area contributed by atoms with Crippen molar-refractivity contribution in [2.24, 2.45) is 0 Å². The van der Waals surface area contributed by atoms with E-state index in [0.717, 1.165) is 30.7 Å². The summed E-state index contributed by atoms with van der Waals surface area (Å²) in [6, 6.07) is 5.26. The molecule has 4 heteroatoms. The summed E-state index contributed by atoms with van der Waals surface area (Å²) < 4.78 is 18.9. The molecule has 100 valence electrons.